The Morgan fingerprint density at radius 2 is 2.28 bits per heavy atom. The second kappa shape index (κ2) is 6.92. The third-order valence-corrected chi connectivity index (χ3v) is 4.56. The van der Waals surface area contributed by atoms with Crippen LogP contribution in [0.3, 0.4) is 0 Å². The van der Waals surface area contributed by atoms with Crippen LogP contribution >= 0.6 is 0 Å². The third-order valence-electron chi connectivity index (χ3n) is 4.56. The summed E-state index contributed by atoms with van der Waals surface area (Å²) in [7, 11) is 0. The molecule has 3 rings (SSSR count). The lowest BCUT2D eigenvalue weighted by Gasteiger charge is -2.26. The molecule has 1 saturated heterocycles. The van der Waals surface area contributed by atoms with Crippen molar-refractivity contribution in [2.24, 2.45) is 0 Å². The predicted octanol–water partition coefficient (Wildman–Crippen LogP) is 2.83. The molecule has 1 aromatic carbocycles. The van der Waals surface area contributed by atoms with E-state index in [1.807, 2.05) is 20.8 Å². The summed E-state index contributed by atoms with van der Waals surface area (Å²) in [5.74, 6) is 0.0510. The molecule has 1 unspecified atom stereocenters. The van der Waals surface area contributed by atoms with Gasteiger partial charge in [-0.25, -0.2) is 14.1 Å². The first-order valence-corrected chi connectivity index (χ1v) is 8.57. The molecule has 0 bridgehead atoms. The van der Waals surface area contributed by atoms with Crippen LogP contribution in [-0.4, -0.2) is 39.4 Å². The van der Waals surface area contributed by atoms with Gasteiger partial charge in [0, 0.05) is 12.5 Å². The standard InChI is InChI=1S/C18H23FN4O2/c1-4-18(8-9-25-11-18)21-17(24)15-20-16(12(2)3)23(22-15)14-7-5-6-13(19)10-14/h5-7,10,12H,4,8-9,11H2,1-3H3,(H,21,24). The number of ether oxygens (including phenoxy) is 1. The monoisotopic (exact) mass is 346 g/mol. The minimum atomic E-state index is -0.362. The first-order chi connectivity index (χ1) is 11.9. The fourth-order valence-electron chi connectivity index (χ4n) is 2.96. The smallest absolute Gasteiger partial charge is 0.291 e. The lowest BCUT2D eigenvalue weighted by molar-refractivity contribution is 0.0863. The zero-order chi connectivity index (χ0) is 18.0. The lowest BCUT2D eigenvalue weighted by atomic mass is 9.95. The summed E-state index contributed by atoms with van der Waals surface area (Å²) in [6.07, 6.45) is 1.55. The normalized spacial score (nSPS) is 20.2. The Kier molecular flexibility index (Phi) is 4.85. The molecule has 25 heavy (non-hydrogen) atoms. The third kappa shape index (κ3) is 3.56. The van der Waals surface area contributed by atoms with Crippen LogP contribution in [0.1, 0.15) is 56.0 Å². The predicted molar refractivity (Wildman–Crippen MR) is 91.3 cm³/mol. The minimum absolute atomic E-state index is 0.0345. The Bertz CT molecular complexity index is 766. The van der Waals surface area contributed by atoms with Crippen LogP contribution in [0.4, 0.5) is 4.39 Å². The Morgan fingerprint density at radius 1 is 1.48 bits per heavy atom. The summed E-state index contributed by atoms with van der Waals surface area (Å²) < 4.78 is 20.5. The number of amides is 1. The summed E-state index contributed by atoms with van der Waals surface area (Å²) in [4.78, 5) is 17.1. The molecule has 2 heterocycles. The van der Waals surface area contributed by atoms with Crippen molar-refractivity contribution in [2.75, 3.05) is 13.2 Å². The number of aromatic nitrogens is 3. The van der Waals surface area contributed by atoms with Crippen molar-refractivity contribution < 1.29 is 13.9 Å². The largest absolute Gasteiger partial charge is 0.379 e. The zero-order valence-corrected chi connectivity index (χ0v) is 14.8. The topological polar surface area (TPSA) is 69.0 Å². The molecule has 7 heteroatoms. The zero-order valence-electron chi connectivity index (χ0n) is 14.8. The average Bonchev–Trinajstić information content (AvgIpc) is 3.22. The molecule has 1 amide bonds. The Morgan fingerprint density at radius 3 is 2.88 bits per heavy atom. The Balaban J connectivity index is 1.92. The Labute approximate surface area is 146 Å². The number of hydrogen-bond acceptors (Lipinski definition) is 4. The molecule has 0 radical (unpaired) electrons. The molecule has 1 aromatic heterocycles. The van der Waals surface area contributed by atoms with Crippen molar-refractivity contribution in [1.82, 2.24) is 20.1 Å². The van der Waals surface area contributed by atoms with Gasteiger partial charge in [0.2, 0.25) is 5.82 Å². The summed E-state index contributed by atoms with van der Waals surface area (Å²) in [5.41, 5.74) is 0.184. The molecule has 1 atom stereocenters. The van der Waals surface area contributed by atoms with Crippen LogP contribution in [0.15, 0.2) is 24.3 Å². The van der Waals surface area contributed by atoms with Gasteiger partial charge in [-0.2, -0.15) is 0 Å². The second-order valence-electron chi connectivity index (χ2n) is 6.73. The molecule has 0 spiro atoms. The molecule has 2 aromatic rings. The lowest BCUT2D eigenvalue weighted by Crippen LogP contribution is -2.48. The van der Waals surface area contributed by atoms with E-state index in [4.69, 9.17) is 4.74 Å². The van der Waals surface area contributed by atoms with E-state index < -0.39 is 0 Å². The van der Waals surface area contributed by atoms with Crippen molar-refractivity contribution in [3.63, 3.8) is 0 Å². The molecule has 1 aliphatic heterocycles. The molecule has 1 N–H and O–H groups in total. The summed E-state index contributed by atoms with van der Waals surface area (Å²) in [6.45, 7) is 7.07. The molecule has 1 fully saturated rings. The van der Waals surface area contributed by atoms with E-state index in [2.05, 4.69) is 15.4 Å². The number of rotatable bonds is 5. The van der Waals surface area contributed by atoms with Crippen molar-refractivity contribution >= 4 is 5.91 Å². The highest BCUT2D eigenvalue weighted by molar-refractivity contribution is 5.91. The summed E-state index contributed by atoms with van der Waals surface area (Å²) in [5, 5.41) is 7.36. The van der Waals surface area contributed by atoms with E-state index in [0.29, 0.717) is 24.7 Å². The van der Waals surface area contributed by atoms with Crippen LogP contribution in [0.25, 0.3) is 5.69 Å². The summed E-state index contributed by atoms with van der Waals surface area (Å²) in [6, 6.07) is 6.09. The van der Waals surface area contributed by atoms with Crippen LogP contribution in [-0.2, 0) is 4.74 Å². The maximum atomic E-state index is 13.6. The van der Waals surface area contributed by atoms with Gasteiger partial charge >= 0.3 is 0 Å². The van der Waals surface area contributed by atoms with Crippen LogP contribution in [0.2, 0.25) is 0 Å². The van der Waals surface area contributed by atoms with Gasteiger partial charge in [0.05, 0.1) is 17.8 Å². The van der Waals surface area contributed by atoms with E-state index in [9.17, 15) is 9.18 Å². The van der Waals surface area contributed by atoms with Crippen molar-refractivity contribution in [2.45, 2.75) is 45.1 Å². The highest BCUT2D eigenvalue weighted by Gasteiger charge is 2.36. The van der Waals surface area contributed by atoms with Gasteiger partial charge in [0.1, 0.15) is 11.6 Å². The quantitative estimate of drug-likeness (QED) is 0.904. The fraction of sp³-hybridized carbons (Fsp3) is 0.500. The first-order valence-electron chi connectivity index (χ1n) is 8.57. The van der Waals surface area contributed by atoms with Crippen molar-refractivity contribution in [3.8, 4) is 5.69 Å². The van der Waals surface area contributed by atoms with Gasteiger partial charge in [-0.05, 0) is 31.0 Å². The first kappa shape index (κ1) is 17.5. The van der Waals surface area contributed by atoms with E-state index in [-0.39, 0.29) is 29.0 Å². The number of benzene rings is 1. The molecular formula is C18H23FN4O2. The molecule has 1 aliphatic rings. The average molecular weight is 346 g/mol. The van der Waals surface area contributed by atoms with Crippen LogP contribution < -0.4 is 5.32 Å². The second-order valence-corrected chi connectivity index (χ2v) is 6.73. The van der Waals surface area contributed by atoms with Crippen molar-refractivity contribution in [1.29, 1.82) is 0 Å². The molecule has 6 nitrogen and oxygen atoms in total. The maximum absolute atomic E-state index is 13.6. The van der Waals surface area contributed by atoms with Crippen molar-refractivity contribution in [3.05, 3.63) is 41.7 Å². The molecular weight excluding hydrogens is 323 g/mol. The highest BCUT2D eigenvalue weighted by Crippen LogP contribution is 2.23. The number of halogens is 1. The Hall–Kier alpha value is -2.28. The van der Waals surface area contributed by atoms with E-state index in [1.165, 1.54) is 16.8 Å². The van der Waals surface area contributed by atoms with Gasteiger partial charge in [0.15, 0.2) is 0 Å². The molecule has 0 aliphatic carbocycles. The minimum Gasteiger partial charge on any atom is -0.379 e. The number of carbonyl (C=O) groups excluding carboxylic acids is 1. The number of nitrogens with zero attached hydrogens (tertiary/aromatic N) is 3. The van der Waals surface area contributed by atoms with Gasteiger partial charge in [-0.1, -0.05) is 26.8 Å². The van der Waals surface area contributed by atoms with Crippen LogP contribution in [0, 0.1) is 5.82 Å². The van der Waals surface area contributed by atoms with E-state index in [1.54, 1.807) is 12.1 Å². The summed E-state index contributed by atoms with van der Waals surface area (Å²) >= 11 is 0. The number of hydrogen-bond donors (Lipinski definition) is 1. The number of nitrogens with one attached hydrogen (secondary N) is 1. The highest BCUT2D eigenvalue weighted by atomic mass is 19.1. The fourth-order valence-corrected chi connectivity index (χ4v) is 2.96. The number of carbonyl (C=O) groups is 1. The van der Waals surface area contributed by atoms with E-state index in [0.717, 1.165) is 12.8 Å². The van der Waals surface area contributed by atoms with Gasteiger partial charge in [-0.15, -0.1) is 5.10 Å². The SMILES string of the molecule is CCC1(NC(=O)c2nc(C(C)C)n(-c3cccc(F)c3)n2)CCOC1. The van der Waals surface area contributed by atoms with Crippen LogP contribution in [0.5, 0.6) is 0 Å². The van der Waals surface area contributed by atoms with Gasteiger partial charge in [-0.3, -0.25) is 4.79 Å². The van der Waals surface area contributed by atoms with E-state index >= 15 is 0 Å². The maximum Gasteiger partial charge on any atom is 0.291 e. The molecule has 134 valence electrons. The van der Waals surface area contributed by atoms with Gasteiger partial charge < -0.3 is 10.1 Å². The van der Waals surface area contributed by atoms with Gasteiger partial charge in [0.25, 0.3) is 5.91 Å². The molecule has 0 saturated carbocycles.